The van der Waals surface area contributed by atoms with Gasteiger partial charge in [-0.2, -0.15) is 0 Å². The molecule has 0 bridgehead atoms. The van der Waals surface area contributed by atoms with Crippen LogP contribution >= 0.6 is 0 Å². The van der Waals surface area contributed by atoms with Gasteiger partial charge >= 0.3 is 0 Å². The Bertz CT molecular complexity index is 768. The first-order chi connectivity index (χ1) is 12.0. The monoisotopic (exact) mass is 341 g/mol. The molecule has 1 aliphatic heterocycles. The number of benzene rings is 2. The number of carbonyl (C=O) groups excluding carboxylic acids is 1. The van der Waals surface area contributed by atoms with Gasteiger partial charge < -0.3 is 19.5 Å². The molecule has 25 heavy (non-hydrogen) atoms. The number of ether oxygens (including phenoxy) is 3. The minimum atomic E-state index is -0.0309. The van der Waals surface area contributed by atoms with Gasteiger partial charge in [-0.3, -0.25) is 4.79 Å². The molecule has 0 aliphatic carbocycles. The van der Waals surface area contributed by atoms with Crippen LogP contribution in [0.25, 0.3) is 0 Å². The standard InChI is InChI=1S/C20H23NO4/c1-12(2)25-14-7-5-13(6-8-14)15-10-20(22)21-17-11-19(24-4)18(23-3)9-16(15)17/h5-9,11-12,15H,10H2,1-4H3,(H,21,22)/t15-/m0/s1. The van der Waals surface area contributed by atoms with Crippen LogP contribution in [0.4, 0.5) is 5.69 Å². The number of amides is 1. The molecule has 1 atom stereocenters. The number of nitrogens with one attached hydrogen (secondary N) is 1. The van der Waals surface area contributed by atoms with Gasteiger partial charge in [0.1, 0.15) is 5.75 Å². The summed E-state index contributed by atoms with van der Waals surface area (Å²) in [6.07, 6.45) is 0.524. The lowest BCUT2D eigenvalue weighted by atomic mass is 9.84. The van der Waals surface area contributed by atoms with Gasteiger partial charge in [0.2, 0.25) is 5.91 Å². The van der Waals surface area contributed by atoms with Crippen LogP contribution in [0.3, 0.4) is 0 Å². The zero-order valence-corrected chi connectivity index (χ0v) is 15.0. The largest absolute Gasteiger partial charge is 0.493 e. The van der Waals surface area contributed by atoms with Crippen molar-refractivity contribution in [2.24, 2.45) is 0 Å². The van der Waals surface area contributed by atoms with E-state index in [4.69, 9.17) is 14.2 Å². The minimum Gasteiger partial charge on any atom is -0.493 e. The molecule has 5 nitrogen and oxygen atoms in total. The van der Waals surface area contributed by atoms with Crippen LogP contribution in [0.2, 0.25) is 0 Å². The van der Waals surface area contributed by atoms with Crippen LogP contribution in [0.5, 0.6) is 17.2 Å². The first-order valence-corrected chi connectivity index (χ1v) is 8.34. The first kappa shape index (κ1) is 17.1. The summed E-state index contributed by atoms with van der Waals surface area (Å²) in [6.45, 7) is 3.99. The highest BCUT2D eigenvalue weighted by molar-refractivity contribution is 5.96. The molecule has 3 rings (SSSR count). The Morgan fingerprint density at radius 3 is 2.28 bits per heavy atom. The van der Waals surface area contributed by atoms with Gasteiger partial charge in [-0.25, -0.2) is 0 Å². The molecule has 2 aromatic rings. The van der Waals surface area contributed by atoms with Crippen molar-refractivity contribution in [1.29, 1.82) is 0 Å². The van der Waals surface area contributed by atoms with E-state index in [0.717, 1.165) is 22.6 Å². The van der Waals surface area contributed by atoms with E-state index < -0.39 is 0 Å². The van der Waals surface area contributed by atoms with Crippen molar-refractivity contribution in [3.8, 4) is 17.2 Å². The normalized spacial score (nSPS) is 16.2. The summed E-state index contributed by atoms with van der Waals surface area (Å²) in [5, 5.41) is 2.92. The number of carbonyl (C=O) groups is 1. The van der Waals surface area contributed by atoms with E-state index in [1.165, 1.54) is 0 Å². The van der Waals surface area contributed by atoms with Gasteiger partial charge in [-0.05, 0) is 43.2 Å². The molecule has 0 radical (unpaired) electrons. The van der Waals surface area contributed by atoms with Gasteiger partial charge in [0.05, 0.1) is 20.3 Å². The predicted octanol–water partition coefficient (Wildman–Crippen LogP) is 3.97. The lowest BCUT2D eigenvalue weighted by Crippen LogP contribution is -2.23. The number of rotatable bonds is 5. The van der Waals surface area contributed by atoms with E-state index in [1.54, 1.807) is 14.2 Å². The fourth-order valence-electron chi connectivity index (χ4n) is 3.14. The Labute approximate surface area is 147 Å². The fourth-order valence-corrected chi connectivity index (χ4v) is 3.14. The van der Waals surface area contributed by atoms with Crippen molar-refractivity contribution in [3.63, 3.8) is 0 Å². The van der Waals surface area contributed by atoms with Crippen molar-refractivity contribution in [2.75, 3.05) is 19.5 Å². The predicted molar refractivity (Wildman–Crippen MR) is 96.8 cm³/mol. The third-order valence-corrected chi connectivity index (χ3v) is 4.25. The summed E-state index contributed by atoms with van der Waals surface area (Å²) in [7, 11) is 3.19. The average Bonchev–Trinajstić information content (AvgIpc) is 2.60. The van der Waals surface area contributed by atoms with Crippen molar-refractivity contribution in [2.45, 2.75) is 32.3 Å². The SMILES string of the molecule is COc1cc2c(cc1OC)[C@H](c1ccc(OC(C)C)cc1)CC(=O)N2. The molecule has 0 spiro atoms. The Balaban J connectivity index is 1.99. The van der Waals surface area contributed by atoms with E-state index in [2.05, 4.69) is 5.32 Å². The maximum atomic E-state index is 12.2. The second-order valence-corrected chi connectivity index (χ2v) is 6.33. The summed E-state index contributed by atoms with van der Waals surface area (Å²) in [6, 6.07) is 11.7. The first-order valence-electron chi connectivity index (χ1n) is 8.34. The molecule has 0 saturated carbocycles. The van der Waals surface area contributed by atoms with Gasteiger partial charge in [0, 0.05) is 24.1 Å². The highest BCUT2D eigenvalue weighted by atomic mass is 16.5. The van der Waals surface area contributed by atoms with Crippen LogP contribution in [-0.4, -0.2) is 26.2 Å². The smallest absolute Gasteiger partial charge is 0.225 e. The Hall–Kier alpha value is -2.69. The third kappa shape index (κ3) is 3.55. The van der Waals surface area contributed by atoms with Crippen LogP contribution in [0, 0.1) is 0 Å². The van der Waals surface area contributed by atoms with Crippen molar-refractivity contribution < 1.29 is 19.0 Å². The zero-order chi connectivity index (χ0) is 18.0. The van der Waals surface area contributed by atoms with Gasteiger partial charge in [0.15, 0.2) is 11.5 Å². The second kappa shape index (κ2) is 7.05. The van der Waals surface area contributed by atoms with Crippen LogP contribution < -0.4 is 19.5 Å². The van der Waals surface area contributed by atoms with E-state index in [-0.39, 0.29) is 17.9 Å². The third-order valence-electron chi connectivity index (χ3n) is 4.25. The summed E-state index contributed by atoms with van der Waals surface area (Å²) < 4.78 is 16.5. The van der Waals surface area contributed by atoms with Gasteiger partial charge in [0.25, 0.3) is 0 Å². The quantitative estimate of drug-likeness (QED) is 0.894. The zero-order valence-electron chi connectivity index (χ0n) is 15.0. The molecule has 1 aliphatic rings. The average molecular weight is 341 g/mol. The molecule has 132 valence electrons. The van der Waals surface area contributed by atoms with E-state index in [1.807, 2.05) is 50.2 Å². The summed E-state index contributed by atoms with van der Waals surface area (Å²) >= 11 is 0. The molecular formula is C20H23NO4. The molecule has 1 heterocycles. The van der Waals surface area contributed by atoms with E-state index in [0.29, 0.717) is 17.9 Å². The Kier molecular flexibility index (Phi) is 4.83. The molecule has 0 saturated heterocycles. The molecule has 1 N–H and O–H groups in total. The van der Waals surface area contributed by atoms with Crippen LogP contribution in [0.15, 0.2) is 36.4 Å². The highest BCUT2D eigenvalue weighted by Crippen LogP contribution is 2.43. The molecule has 2 aromatic carbocycles. The Morgan fingerprint density at radius 1 is 1.04 bits per heavy atom. The Morgan fingerprint density at radius 2 is 1.68 bits per heavy atom. The lowest BCUT2D eigenvalue weighted by molar-refractivity contribution is -0.116. The summed E-state index contributed by atoms with van der Waals surface area (Å²) in [4.78, 5) is 12.2. The van der Waals surface area contributed by atoms with Crippen LogP contribution in [0.1, 0.15) is 37.3 Å². The fraction of sp³-hybridized carbons (Fsp3) is 0.350. The lowest BCUT2D eigenvalue weighted by Gasteiger charge is -2.27. The molecule has 5 heteroatoms. The molecule has 0 unspecified atom stereocenters. The van der Waals surface area contributed by atoms with Gasteiger partial charge in [-0.1, -0.05) is 12.1 Å². The van der Waals surface area contributed by atoms with E-state index in [9.17, 15) is 4.79 Å². The highest BCUT2D eigenvalue weighted by Gasteiger charge is 2.28. The minimum absolute atomic E-state index is 0.00720. The number of hydrogen-bond acceptors (Lipinski definition) is 4. The second-order valence-electron chi connectivity index (χ2n) is 6.33. The summed E-state index contributed by atoms with van der Waals surface area (Å²) in [5.41, 5.74) is 2.86. The topological polar surface area (TPSA) is 56.8 Å². The maximum Gasteiger partial charge on any atom is 0.225 e. The van der Waals surface area contributed by atoms with Crippen molar-refractivity contribution in [1.82, 2.24) is 0 Å². The van der Waals surface area contributed by atoms with Crippen molar-refractivity contribution >= 4 is 11.6 Å². The number of fused-ring (bicyclic) bond motifs is 1. The van der Waals surface area contributed by atoms with Crippen molar-refractivity contribution in [3.05, 3.63) is 47.5 Å². The molecule has 1 amide bonds. The maximum absolute atomic E-state index is 12.2. The molecule has 0 aromatic heterocycles. The summed E-state index contributed by atoms with van der Waals surface area (Å²) in [5.74, 6) is 2.04. The molecule has 0 fully saturated rings. The molecular weight excluding hydrogens is 318 g/mol. The number of hydrogen-bond donors (Lipinski definition) is 1. The van der Waals surface area contributed by atoms with Crippen LogP contribution in [-0.2, 0) is 4.79 Å². The van der Waals surface area contributed by atoms with Gasteiger partial charge in [-0.15, -0.1) is 0 Å². The number of methoxy groups -OCH3 is 2. The number of anilines is 1. The van der Waals surface area contributed by atoms with E-state index >= 15 is 0 Å².